The molecule has 0 unspecified atom stereocenters. The standard InChI is InChI=1S/C15H22N2O2/c1-16-12-6-8-13(9-7-12)17(2)15(19)11-4-3-5-14(18)10-11/h3-5,10,12-13,16,18H,6-9H2,1-2H3. The number of carbonyl (C=O) groups excluding carboxylic acids is 1. The maximum Gasteiger partial charge on any atom is 0.253 e. The van der Waals surface area contributed by atoms with Crippen molar-refractivity contribution in [3.63, 3.8) is 0 Å². The van der Waals surface area contributed by atoms with Gasteiger partial charge in [0.25, 0.3) is 5.91 Å². The molecule has 4 nitrogen and oxygen atoms in total. The highest BCUT2D eigenvalue weighted by Crippen LogP contribution is 2.24. The number of aromatic hydroxyl groups is 1. The second kappa shape index (κ2) is 6.06. The predicted octanol–water partition coefficient (Wildman–Crippen LogP) is 1.99. The van der Waals surface area contributed by atoms with Crippen LogP contribution in [-0.4, -0.2) is 42.1 Å². The van der Waals surface area contributed by atoms with Gasteiger partial charge >= 0.3 is 0 Å². The number of amides is 1. The number of rotatable bonds is 3. The quantitative estimate of drug-likeness (QED) is 0.876. The Morgan fingerprint density at radius 2 is 2.00 bits per heavy atom. The second-order valence-corrected chi connectivity index (χ2v) is 5.26. The molecule has 0 saturated heterocycles. The van der Waals surface area contributed by atoms with Crippen LogP contribution in [0.5, 0.6) is 5.75 Å². The molecule has 1 aliphatic carbocycles. The van der Waals surface area contributed by atoms with Gasteiger partial charge in [0.15, 0.2) is 0 Å². The minimum absolute atomic E-state index is 0.0104. The monoisotopic (exact) mass is 262 g/mol. The highest BCUT2D eigenvalue weighted by Gasteiger charge is 2.26. The summed E-state index contributed by atoms with van der Waals surface area (Å²) in [6, 6.07) is 7.44. The predicted molar refractivity (Wildman–Crippen MR) is 75.3 cm³/mol. The molecule has 1 aliphatic rings. The molecule has 0 heterocycles. The molecule has 4 heteroatoms. The summed E-state index contributed by atoms with van der Waals surface area (Å²) >= 11 is 0. The Labute approximate surface area is 114 Å². The minimum atomic E-state index is -0.0104. The summed E-state index contributed by atoms with van der Waals surface area (Å²) in [6.07, 6.45) is 4.29. The Bertz CT molecular complexity index is 440. The zero-order valence-corrected chi connectivity index (χ0v) is 11.6. The fourth-order valence-corrected chi connectivity index (χ4v) is 2.76. The Kier molecular flexibility index (Phi) is 4.43. The van der Waals surface area contributed by atoms with Crippen molar-refractivity contribution < 1.29 is 9.90 Å². The van der Waals surface area contributed by atoms with E-state index in [4.69, 9.17) is 0 Å². The van der Waals surface area contributed by atoms with Gasteiger partial charge in [0.2, 0.25) is 0 Å². The van der Waals surface area contributed by atoms with Crippen LogP contribution in [-0.2, 0) is 0 Å². The first-order chi connectivity index (χ1) is 9.11. The fourth-order valence-electron chi connectivity index (χ4n) is 2.76. The van der Waals surface area contributed by atoms with Gasteiger partial charge in [-0.2, -0.15) is 0 Å². The molecule has 2 N–H and O–H groups in total. The van der Waals surface area contributed by atoms with Crippen molar-refractivity contribution >= 4 is 5.91 Å². The molecular formula is C15H22N2O2. The summed E-state index contributed by atoms with van der Waals surface area (Å²) in [5, 5.41) is 12.7. The highest BCUT2D eigenvalue weighted by atomic mass is 16.3. The zero-order valence-electron chi connectivity index (χ0n) is 11.6. The van der Waals surface area contributed by atoms with Crippen LogP contribution in [0.4, 0.5) is 0 Å². The second-order valence-electron chi connectivity index (χ2n) is 5.26. The molecule has 1 saturated carbocycles. The van der Waals surface area contributed by atoms with E-state index in [9.17, 15) is 9.90 Å². The van der Waals surface area contributed by atoms with Crippen LogP contribution >= 0.6 is 0 Å². The number of benzene rings is 1. The van der Waals surface area contributed by atoms with Crippen LogP contribution in [0.2, 0.25) is 0 Å². The third-order valence-corrected chi connectivity index (χ3v) is 4.07. The SMILES string of the molecule is CNC1CCC(N(C)C(=O)c2cccc(O)c2)CC1. The van der Waals surface area contributed by atoms with E-state index in [1.807, 2.05) is 19.0 Å². The Hall–Kier alpha value is -1.55. The number of nitrogens with one attached hydrogen (secondary N) is 1. The van der Waals surface area contributed by atoms with Gasteiger partial charge in [0.05, 0.1) is 0 Å². The third kappa shape index (κ3) is 3.26. The number of hydrogen-bond donors (Lipinski definition) is 2. The van der Waals surface area contributed by atoms with Gasteiger partial charge in [-0.15, -0.1) is 0 Å². The van der Waals surface area contributed by atoms with Gasteiger partial charge in [0, 0.05) is 24.7 Å². The van der Waals surface area contributed by atoms with E-state index in [1.54, 1.807) is 18.2 Å². The van der Waals surface area contributed by atoms with Crippen LogP contribution in [0, 0.1) is 0 Å². The molecule has 1 amide bonds. The summed E-state index contributed by atoms with van der Waals surface area (Å²) in [7, 11) is 3.85. The minimum Gasteiger partial charge on any atom is -0.508 e. The average molecular weight is 262 g/mol. The number of phenolic OH excluding ortho intramolecular Hbond substituents is 1. The molecule has 0 aliphatic heterocycles. The molecule has 1 fully saturated rings. The normalized spacial score (nSPS) is 23.1. The van der Waals surface area contributed by atoms with Gasteiger partial charge in [-0.05, 0) is 50.9 Å². The topological polar surface area (TPSA) is 52.6 Å². The van der Waals surface area contributed by atoms with Crippen molar-refractivity contribution in [2.24, 2.45) is 0 Å². The van der Waals surface area contributed by atoms with Gasteiger partial charge in [0.1, 0.15) is 5.75 Å². The van der Waals surface area contributed by atoms with Crippen LogP contribution in [0.15, 0.2) is 24.3 Å². The summed E-state index contributed by atoms with van der Waals surface area (Å²) in [6.45, 7) is 0. The van der Waals surface area contributed by atoms with Crippen molar-refractivity contribution in [2.45, 2.75) is 37.8 Å². The number of hydrogen-bond acceptors (Lipinski definition) is 3. The summed E-state index contributed by atoms with van der Waals surface area (Å²) in [4.78, 5) is 14.2. The van der Waals surface area contributed by atoms with Crippen LogP contribution in [0.25, 0.3) is 0 Å². The van der Waals surface area contributed by atoms with E-state index >= 15 is 0 Å². The van der Waals surface area contributed by atoms with Crippen LogP contribution in [0.1, 0.15) is 36.0 Å². The molecule has 0 aromatic heterocycles. The lowest BCUT2D eigenvalue weighted by Crippen LogP contribution is -2.42. The molecule has 0 spiro atoms. The fraction of sp³-hybridized carbons (Fsp3) is 0.533. The zero-order chi connectivity index (χ0) is 13.8. The summed E-state index contributed by atoms with van der Waals surface area (Å²) in [5.41, 5.74) is 0.554. The molecule has 19 heavy (non-hydrogen) atoms. The van der Waals surface area contributed by atoms with Crippen molar-refractivity contribution in [1.82, 2.24) is 10.2 Å². The van der Waals surface area contributed by atoms with Crippen molar-refractivity contribution in [3.8, 4) is 5.75 Å². The number of carbonyl (C=O) groups is 1. The maximum absolute atomic E-state index is 12.3. The van der Waals surface area contributed by atoms with Gasteiger partial charge in [-0.3, -0.25) is 4.79 Å². The first kappa shape index (κ1) is 13.9. The molecule has 1 aromatic carbocycles. The largest absolute Gasteiger partial charge is 0.508 e. The molecule has 0 bridgehead atoms. The first-order valence-electron chi connectivity index (χ1n) is 6.85. The Morgan fingerprint density at radius 1 is 1.32 bits per heavy atom. The van der Waals surface area contributed by atoms with E-state index < -0.39 is 0 Å². The lowest BCUT2D eigenvalue weighted by atomic mass is 9.90. The van der Waals surface area contributed by atoms with Gasteiger partial charge < -0.3 is 15.3 Å². The van der Waals surface area contributed by atoms with E-state index in [0.29, 0.717) is 17.6 Å². The third-order valence-electron chi connectivity index (χ3n) is 4.07. The molecule has 0 radical (unpaired) electrons. The number of nitrogens with zero attached hydrogens (tertiary/aromatic N) is 1. The molecular weight excluding hydrogens is 240 g/mol. The van der Waals surface area contributed by atoms with Crippen molar-refractivity contribution in [3.05, 3.63) is 29.8 Å². The average Bonchev–Trinajstić information content (AvgIpc) is 2.46. The van der Waals surface area contributed by atoms with Gasteiger partial charge in [-0.1, -0.05) is 6.07 Å². The summed E-state index contributed by atoms with van der Waals surface area (Å²) < 4.78 is 0. The lowest BCUT2D eigenvalue weighted by Gasteiger charge is -2.34. The van der Waals surface area contributed by atoms with E-state index in [0.717, 1.165) is 25.7 Å². The number of phenols is 1. The van der Waals surface area contributed by atoms with Crippen molar-refractivity contribution in [2.75, 3.05) is 14.1 Å². The molecule has 1 aromatic rings. The van der Waals surface area contributed by atoms with Crippen molar-refractivity contribution in [1.29, 1.82) is 0 Å². The van der Waals surface area contributed by atoms with E-state index in [-0.39, 0.29) is 11.7 Å². The van der Waals surface area contributed by atoms with Crippen LogP contribution in [0.3, 0.4) is 0 Å². The smallest absolute Gasteiger partial charge is 0.253 e. The molecule has 2 rings (SSSR count). The van der Waals surface area contributed by atoms with Crippen LogP contribution < -0.4 is 5.32 Å². The van der Waals surface area contributed by atoms with Gasteiger partial charge in [-0.25, -0.2) is 0 Å². The van der Waals surface area contributed by atoms with E-state index in [1.165, 1.54) is 6.07 Å². The Balaban J connectivity index is 2.00. The summed E-state index contributed by atoms with van der Waals surface area (Å²) in [5.74, 6) is 0.127. The highest BCUT2D eigenvalue weighted by molar-refractivity contribution is 5.94. The van der Waals surface area contributed by atoms with E-state index in [2.05, 4.69) is 5.32 Å². The molecule has 104 valence electrons. The Morgan fingerprint density at radius 3 is 2.58 bits per heavy atom. The first-order valence-corrected chi connectivity index (χ1v) is 6.85. The maximum atomic E-state index is 12.3. The lowest BCUT2D eigenvalue weighted by molar-refractivity contribution is 0.0685. The molecule has 0 atom stereocenters.